The largest absolute Gasteiger partial charge is 0.481 e. The molecule has 1 amide bonds. The Morgan fingerprint density at radius 1 is 1.25 bits per heavy atom. The minimum absolute atomic E-state index is 0.0926. The lowest BCUT2D eigenvalue weighted by Crippen LogP contribution is -2.43. The average Bonchev–Trinajstić information content (AvgIpc) is 2.83. The Kier molecular flexibility index (Phi) is 6.86. The van der Waals surface area contributed by atoms with E-state index in [1.54, 1.807) is 0 Å². The molecule has 1 fully saturated rings. The SMILES string of the molecule is CCSC1CCCC1NC(=O)CC(CC)(CC)C(=O)O. The zero-order valence-corrected chi connectivity index (χ0v) is 13.6. The number of carboxylic acid groups (broad SMARTS) is 1. The highest BCUT2D eigenvalue weighted by Gasteiger charge is 2.38. The van der Waals surface area contributed by atoms with Crippen molar-refractivity contribution < 1.29 is 14.7 Å². The Balaban J connectivity index is 2.60. The first-order valence-corrected chi connectivity index (χ1v) is 8.68. The Morgan fingerprint density at radius 3 is 2.40 bits per heavy atom. The van der Waals surface area contributed by atoms with Crippen LogP contribution in [0.25, 0.3) is 0 Å². The number of aliphatic carboxylic acids is 1. The van der Waals surface area contributed by atoms with Gasteiger partial charge in [0.25, 0.3) is 0 Å². The van der Waals surface area contributed by atoms with E-state index in [2.05, 4.69) is 12.2 Å². The molecule has 0 saturated heterocycles. The van der Waals surface area contributed by atoms with Gasteiger partial charge in [-0.25, -0.2) is 0 Å². The molecule has 0 bridgehead atoms. The van der Waals surface area contributed by atoms with Crippen molar-refractivity contribution in [3.05, 3.63) is 0 Å². The highest BCUT2D eigenvalue weighted by molar-refractivity contribution is 7.99. The van der Waals surface area contributed by atoms with Crippen LogP contribution in [-0.4, -0.2) is 34.0 Å². The summed E-state index contributed by atoms with van der Waals surface area (Å²) in [7, 11) is 0. The summed E-state index contributed by atoms with van der Waals surface area (Å²) in [6, 6.07) is 0.215. The first-order chi connectivity index (χ1) is 9.49. The van der Waals surface area contributed by atoms with Gasteiger partial charge in [-0.2, -0.15) is 11.8 Å². The Morgan fingerprint density at radius 2 is 1.90 bits per heavy atom. The third-order valence-corrected chi connectivity index (χ3v) is 5.81. The highest BCUT2D eigenvalue weighted by atomic mass is 32.2. The second kappa shape index (κ2) is 7.91. The lowest BCUT2D eigenvalue weighted by Gasteiger charge is -2.27. The molecule has 5 heteroatoms. The van der Waals surface area contributed by atoms with Gasteiger partial charge >= 0.3 is 5.97 Å². The van der Waals surface area contributed by atoms with E-state index in [1.165, 1.54) is 0 Å². The van der Waals surface area contributed by atoms with Crippen LogP contribution in [-0.2, 0) is 9.59 Å². The minimum Gasteiger partial charge on any atom is -0.481 e. The molecule has 0 spiro atoms. The van der Waals surface area contributed by atoms with Crippen molar-refractivity contribution in [1.82, 2.24) is 5.32 Å². The zero-order chi connectivity index (χ0) is 15.2. The topological polar surface area (TPSA) is 66.4 Å². The normalized spacial score (nSPS) is 22.8. The molecule has 4 nitrogen and oxygen atoms in total. The number of carbonyl (C=O) groups is 2. The van der Waals surface area contributed by atoms with Crippen LogP contribution < -0.4 is 5.32 Å². The lowest BCUT2D eigenvalue weighted by atomic mass is 9.79. The molecule has 2 atom stereocenters. The molecule has 0 aliphatic heterocycles. The van der Waals surface area contributed by atoms with Crippen molar-refractivity contribution in [2.24, 2.45) is 5.41 Å². The van der Waals surface area contributed by atoms with Gasteiger partial charge in [-0.05, 0) is 31.4 Å². The third kappa shape index (κ3) is 4.14. The van der Waals surface area contributed by atoms with Crippen molar-refractivity contribution in [2.75, 3.05) is 5.75 Å². The fourth-order valence-corrected chi connectivity index (χ4v) is 4.15. The predicted octanol–water partition coefficient (Wildman–Crippen LogP) is 3.06. The van der Waals surface area contributed by atoms with Gasteiger partial charge < -0.3 is 10.4 Å². The number of hydrogen-bond donors (Lipinski definition) is 2. The summed E-state index contributed by atoms with van der Waals surface area (Å²) in [6.07, 6.45) is 4.38. The summed E-state index contributed by atoms with van der Waals surface area (Å²) in [4.78, 5) is 23.6. The maximum atomic E-state index is 12.2. The van der Waals surface area contributed by atoms with E-state index >= 15 is 0 Å². The summed E-state index contributed by atoms with van der Waals surface area (Å²) in [5.74, 6) is 0.0910. The number of thioether (sulfide) groups is 1. The molecule has 1 aliphatic rings. The van der Waals surface area contributed by atoms with Gasteiger partial charge in [-0.1, -0.05) is 27.2 Å². The lowest BCUT2D eigenvalue weighted by molar-refractivity contribution is -0.152. The van der Waals surface area contributed by atoms with Crippen LogP contribution in [0.2, 0.25) is 0 Å². The fourth-order valence-electron chi connectivity index (χ4n) is 2.95. The van der Waals surface area contributed by atoms with Crippen LogP contribution in [0.3, 0.4) is 0 Å². The van der Waals surface area contributed by atoms with E-state index in [0.29, 0.717) is 18.1 Å². The summed E-state index contributed by atoms with van der Waals surface area (Å²) in [5, 5.41) is 12.9. The van der Waals surface area contributed by atoms with Crippen molar-refractivity contribution in [2.45, 2.75) is 70.6 Å². The molecule has 2 unspecified atom stereocenters. The van der Waals surface area contributed by atoms with E-state index in [0.717, 1.165) is 25.0 Å². The number of rotatable bonds is 8. The number of carboxylic acids is 1. The predicted molar refractivity (Wildman–Crippen MR) is 83.0 cm³/mol. The summed E-state index contributed by atoms with van der Waals surface area (Å²) >= 11 is 1.89. The van der Waals surface area contributed by atoms with E-state index < -0.39 is 11.4 Å². The van der Waals surface area contributed by atoms with Crippen LogP contribution in [0, 0.1) is 5.41 Å². The summed E-state index contributed by atoms with van der Waals surface area (Å²) in [6.45, 7) is 5.82. The molecule has 20 heavy (non-hydrogen) atoms. The Labute approximate surface area is 126 Å². The molecule has 0 aromatic rings. The van der Waals surface area contributed by atoms with Gasteiger partial charge in [-0.15, -0.1) is 0 Å². The summed E-state index contributed by atoms with van der Waals surface area (Å²) in [5.41, 5.74) is -0.907. The molecule has 0 heterocycles. The molecular formula is C15H27NO3S. The zero-order valence-electron chi connectivity index (χ0n) is 12.8. The second-order valence-electron chi connectivity index (χ2n) is 5.57. The molecule has 0 aromatic heterocycles. The first kappa shape index (κ1) is 17.3. The number of hydrogen-bond acceptors (Lipinski definition) is 3. The number of carbonyl (C=O) groups excluding carboxylic acids is 1. The molecule has 0 radical (unpaired) electrons. The number of amides is 1. The van der Waals surface area contributed by atoms with Gasteiger partial charge in [0.15, 0.2) is 0 Å². The molecule has 1 saturated carbocycles. The van der Waals surface area contributed by atoms with Crippen molar-refractivity contribution >= 4 is 23.6 Å². The van der Waals surface area contributed by atoms with Gasteiger partial charge in [0, 0.05) is 17.7 Å². The first-order valence-electron chi connectivity index (χ1n) is 7.63. The molecule has 1 rings (SSSR count). The van der Waals surface area contributed by atoms with Crippen molar-refractivity contribution in [3.63, 3.8) is 0 Å². The van der Waals surface area contributed by atoms with Crippen LogP contribution in [0.5, 0.6) is 0 Å². The third-order valence-electron chi connectivity index (χ3n) is 4.49. The molecule has 1 aliphatic carbocycles. The monoisotopic (exact) mass is 301 g/mol. The minimum atomic E-state index is -0.907. The molecule has 0 aromatic carbocycles. The molecular weight excluding hydrogens is 274 g/mol. The van der Waals surface area contributed by atoms with Crippen molar-refractivity contribution in [3.8, 4) is 0 Å². The quantitative estimate of drug-likeness (QED) is 0.723. The van der Waals surface area contributed by atoms with Crippen LogP contribution in [0.1, 0.15) is 59.3 Å². The van der Waals surface area contributed by atoms with E-state index in [-0.39, 0.29) is 18.4 Å². The fraction of sp³-hybridized carbons (Fsp3) is 0.867. The Hall–Kier alpha value is -0.710. The second-order valence-corrected chi connectivity index (χ2v) is 7.08. The van der Waals surface area contributed by atoms with Gasteiger partial charge in [-0.3, -0.25) is 9.59 Å². The van der Waals surface area contributed by atoms with Gasteiger partial charge in [0.2, 0.25) is 5.91 Å². The molecule has 116 valence electrons. The van der Waals surface area contributed by atoms with Crippen LogP contribution in [0.4, 0.5) is 0 Å². The van der Waals surface area contributed by atoms with Crippen LogP contribution >= 0.6 is 11.8 Å². The number of nitrogens with one attached hydrogen (secondary N) is 1. The van der Waals surface area contributed by atoms with E-state index in [4.69, 9.17) is 0 Å². The maximum absolute atomic E-state index is 12.2. The van der Waals surface area contributed by atoms with Gasteiger partial charge in [0.1, 0.15) is 0 Å². The van der Waals surface area contributed by atoms with Gasteiger partial charge in [0.05, 0.1) is 5.41 Å². The smallest absolute Gasteiger partial charge is 0.310 e. The average molecular weight is 301 g/mol. The standard InChI is InChI=1S/C15H27NO3S/c1-4-15(5-2,14(18)19)10-13(17)16-11-8-7-9-12(11)20-6-3/h11-12H,4-10H2,1-3H3,(H,16,17)(H,18,19). The maximum Gasteiger partial charge on any atom is 0.310 e. The summed E-state index contributed by atoms with van der Waals surface area (Å²) < 4.78 is 0. The highest BCUT2D eigenvalue weighted by Crippen LogP contribution is 2.33. The van der Waals surface area contributed by atoms with Crippen molar-refractivity contribution in [1.29, 1.82) is 0 Å². The van der Waals surface area contributed by atoms with E-state index in [1.807, 2.05) is 25.6 Å². The van der Waals surface area contributed by atoms with Crippen LogP contribution in [0.15, 0.2) is 0 Å². The molecule has 2 N–H and O–H groups in total. The van der Waals surface area contributed by atoms with E-state index in [9.17, 15) is 14.7 Å². The Bertz CT molecular complexity index is 342.